The molecule has 3 rings (SSSR count). The van der Waals surface area contributed by atoms with Crippen LogP contribution in [0.25, 0.3) is 0 Å². The van der Waals surface area contributed by atoms with Crippen LogP contribution in [0.3, 0.4) is 0 Å². The van der Waals surface area contributed by atoms with E-state index in [0.29, 0.717) is 23.8 Å². The quantitative estimate of drug-likeness (QED) is 0.467. The molecule has 0 amide bonds. The van der Waals surface area contributed by atoms with Crippen molar-refractivity contribution in [3.8, 4) is 17.2 Å². The topological polar surface area (TPSA) is 78.8 Å². The maximum absolute atomic E-state index is 10.8. The fourth-order valence-electron chi connectivity index (χ4n) is 4.62. The highest BCUT2D eigenvalue weighted by molar-refractivity contribution is 5.80. The second-order valence-corrected chi connectivity index (χ2v) is 8.75. The molecule has 0 unspecified atom stereocenters. The van der Waals surface area contributed by atoms with E-state index in [-0.39, 0.29) is 0 Å². The summed E-state index contributed by atoms with van der Waals surface area (Å²) in [5.41, 5.74) is 0.501. The number of hydrogen-bond donors (Lipinski definition) is 2. The van der Waals surface area contributed by atoms with Crippen molar-refractivity contribution in [2.24, 2.45) is 4.99 Å². The Bertz CT molecular complexity index is 731. The Balaban J connectivity index is 1.60. The third-order valence-electron chi connectivity index (χ3n) is 6.44. The van der Waals surface area contributed by atoms with E-state index in [1.807, 2.05) is 12.1 Å². The molecule has 1 saturated carbocycles. The predicted octanol–water partition coefficient (Wildman–Crippen LogP) is 2.49. The van der Waals surface area contributed by atoms with Crippen LogP contribution < -0.4 is 19.5 Å². The summed E-state index contributed by atoms with van der Waals surface area (Å²) in [7, 11) is 4.91. The van der Waals surface area contributed by atoms with Gasteiger partial charge < -0.3 is 29.5 Å². The fourth-order valence-corrected chi connectivity index (χ4v) is 4.62. The van der Waals surface area contributed by atoms with Crippen LogP contribution in [0.5, 0.6) is 17.2 Å². The van der Waals surface area contributed by atoms with Gasteiger partial charge in [0.2, 0.25) is 5.75 Å². The lowest BCUT2D eigenvalue weighted by atomic mass is 9.85. The zero-order valence-electron chi connectivity index (χ0n) is 20.2. The van der Waals surface area contributed by atoms with Gasteiger partial charge in [-0.05, 0) is 37.5 Å². The van der Waals surface area contributed by atoms with Crippen molar-refractivity contribution in [3.05, 3.63) is 17.7 Å². The number of aliphatic imine (C=N–C) groups is 1. The van der Waals surface area contributed by atoms with Crippen LogP contribution in [0.2, 0.25) is 0 Å². The summed E-state index contributed by atoms with van der Waals surface area (Å²) in [4.78, 5) is 9.55. The van der Waals surface area contributed by atoms with Gasteiger partial charge in [-0.2, -0.15) is 0 Å². The lowest BCUT2D eigenvalue weighted by Crippen LogP contribution is -2.52. The standard InChI is InChI=1S/C24H40N4O4/c1-5-25-23(26-18-24(29)9-7-6-8-10-24)28-13-11-27(12-14-28)17-19-15-20(30-2)22(32-4)21(16-19)31-3/h15-16,29H,5-14,17-18H2,1-4H3,(H,25,26). The summed E-state index contributed by atoms with van der Waals surface area (Å²) in [5, 5.41) is 14.2. The molecule has 1 aromatic carbocycles. The smallest absolute Gasteiger partial charge is 0.203 e. The number of piperazine rings is 1. The molecule has 0 spiro atoms. The van der Waals surface area contributed by atoms with Crippen LogP contribution in [0.15, 0.2) is 17.1 Å². The van der Waals surface area contributed by atoms with E-state index in [0.717, 1.165) is 76.5 Å². The minimum Gasteiger partial charge on any atom is -0.493 e. The molecule has 2 fully saturated rings. The molecule has 1 heterocycles. The van der Waals surface area contributed by atoms with Gasteiger partial charge in [-0.3, -0.25) is 9.89 Å². The molecule has 2 N–H and O–H groups in total. The van der Waals surface area contributed by atoms with Gasteiger partial charge in [0.25, 0.3) is 0 Å². The number of nitrogens with zero attached hydrogens (tertiary/aromatic N) is 3. The molecule has 32 heavy (non-hydrogen) atoms. The number of ether oxygens (including phenoxy) is 3. The SMILES string of the molecule is CCNC(=NCC1(O)CCCCC1)N1CCN(Cc2cc(OC)c(OC)c(OC)c2)CC1. The number of rotatable bonds is 8. The van der Waals surface area contributed by atoms with Crippen molar-refractivity contribution in [2.45, 2.75) is 51.2 Å². The minimum atomic E-state index is -0.632. The van der Waals surface area contributed by atoms with Crippen molar-refractivity contribution in [1.29, 1.82) is 0 Å². The summed E-state index contributed by atoms with van der Waals surface area (Å²) < 4.78 is 16.4. The molecule has 0 aromatic heterocycles. The molecule has 1 saturated heterocycles. The van der Waals surface area contributed by atoms with Gasteiger partial charge in [-0.15, -0.1) is 0 Å². The van der Waals surface area contributed by atoms with Crippen LogP contribution in [0.4, 0.5) is 0 Å². The molecule has 8 heteroatoms. The molecular weight excluding hydrogens is 408 g/mol. The third kappa shape index (κ3) is 6.19. The first-order valence-electron chi connectivity index (χ1n) is 11.8. The van der Waals surface area contributed by atoms with Crippen molar-refractivity contribution in [1.82, 2.24) is 15.1 Å². The second-order valence-electron chi connectivity index (χ2n) is 8.75. The number of nitrogens with one attached hydrogen (secondary N) is 1. The molecular formula is C24H40N4O4. The lowest BCUT2D eigenvalue weighted by Gasteiger charge is -2.37. The molecule has 2 aliphatic rings. The van der Waals surface area contributed by atoms with E-state index < -0.39 is 5.60 Å². The van der Waals surface area contributed by atoms with Gasteiger partial charge in [0, 0.05) is 39.3 Å². The molecule has 1 aromatic rings. The van der Waals surface area contributed by atoms with Crippen LogP contribution in [0.1, 0.15) is 44.6 Å². The van der Waals surface area contributed by atoms with Crippen molar-refractivity contribution in [3.63, 3.8) is 0 Å². The Morgan fingerprint density at radius 3 is 2.16 bits per heavy atom. The Morgan fingerprint density at radius 1 is 1.00 bits per heavy atom. The third-order valence-corrected chi connectivity index (χ3v) is 6.44. The first kappa shape index (κ1) is 24.5. The van der Waals surface area contributed by atoms with Gasteiger partial charge in [0.1, 0.15) is 0 Å². The molecule has 1 aliphatic heterocycles. The van der Waals surface area contributed by atoms with Crippen LogP contribution in [0, 0.1) is 0 Å². The Kier molecular flexibility index (Phi) is 8.87. The minimum absolute atomic E-state index is 0.487. The fraction of sp³-hybridized carbons (Fsp3) is 0.708. The van der Waals surface area contributed by atoms with E-state index in [1.54, 1.807) is 21.3 Å². The molecule has 0 radical (unpaired) electrons. The normalized spacial score (nSPS) is 19.5. The molecule has 8 nitrogen and oxygen atoms in total. The summed E-state index contributed by atoms with van der Waals surface area (Å²) >= 11 is 0. The number of guanidine groups is 1. The first-order chi connectivity index (χ1) is 15.5. The maximum atomic E-state index is 10.8. The van der Waals surface area contributed by atoms with Crippen molar-refractivity contribution < 1.29 is 19.3 Å². The molecule has 1 aliphatic carbocycles. The average molecular weight is 449 g/mol. The van der Waals surface area contributed by atoms with Crippen LogP contribution in [-0.2, 0) is 6.54 Å². The number of benzene rings is 1. The van der Waals surface area contributed by atoms with Gasteiger partial charge >= 0.3 is 0 Å². The second kappa shape index (κ2) is 11.6. The van der Waals surface area contributed by atoms with Gasteiger partial charge in [-0.1, -0.05) is 19.3 Å². The molecule has 0 bridgehead atoms. The lowest BCUT2D eigenvalue weighted by molar-refractivity contribution is 0.0128. The summed E-state index contributed by atoms with van der Waals surface area (Å²) in [6.45, 7) is 7.88. The monoisotopic (exact) mass is 448 g/mol. The Morgan fingerprint density at radius 2 is 1.62 bits per heavy atom. The van der Waals surface area contributed by atoms with E-state index in [1.165, 1.54) is 6.42 Å². The molecule has 0 atom stereocenters. The Labute approximate surface area is 192 Å². The van der Waals surface area contributed by atoms with Gasteiger partial charge in [0.05, 0.1) is 33.5 Å². The van der Waals surface area contributed by atoms with Gasteiger partial charge in [0.15, 0.2) is 17.5 Å². The maximum Gasteiger partial charge on any atom is 0.203 e. The van der Waals surface area contributed by atoms with E-state index in [2.05, 4.69) is 22.0 Å². The number of hydrogen-bond acceptors (Lipinski definition) is 6. The Hall–Kier alpha value is -2.19. The molecule has 180 valence electrons. The highest BCUT2D eigenvalue weighted by Crippen LogP contribution is 2.38. The highest BCUT2D eigenvalue weighted by Gasteiger charge is 2.29. The van der Waals surface area contributed by atoms with Gasteiger partial charge in [-0.25, -0.2) is 0 Å². The summed E-state index contributed by atoms with van der Waals surface area (Å²) in [6.07, 6.45) is 5.14. The average Bonchev–Trinajstić information content (AvgIpc) is 2.82. The van der Waals surface area contributed by atoms with Crippen molar-refractivity contribution >= 4 is 5.96 Å². The largest absolute Gasteiger partial charge is 0.493 e. The first-order valence-corrected chi connectivity index (χ1v) is 11.8. The number of methoxy groups -OCH3 is 3. The zero-order valence-corrected chi connectivity index (χ0v) is 20.2. The summed E-state index contributed by atoms with van der Waals surface area (Å²) in [6, 6.07) is 4.04. The predicted molar refractivity (Wildman–Crippen MR) is 127 cm³/mol. The summed E-state index contributed by atoms with van der Waals surface area (Å²) in [5.74, 6) is 2.90. The van der Waals surface area contributed by atoms with Crippen molar-refractivity contribution in [2.75, 3.05) is 60.6 Å². The van der Waals surface area contributed by atoms with E-state index in [9.17, 15) is 5.11 Å². The van der Waals surface area contributed by atoms with Crippen LogP contribution in [-0.4, -0.2) is 87.1 Å². The zero-order chi connectivity index (χ0) is 23.0. The number of aliphatic hydroxyl groups is 1. The van der Waals surface area contributed by atoms with Crippen LogP contribution >= 0.6 is 0 Å². The highest BCUT2D eigenvalue weighted by atomic mass is 16.5. The van der Waals surface area contributed by atoms with E-state index in [4.69, 9.17) is 19.2 Å². The van der Waals surface area contributed by atoms with E-state index >= 15 is 0 Å².